The predicted octanol–water partition coefficient (Wildman–Crippen LogP) is 0.650. The lowest BCUT2D eigenvalue weighted by Gasteiger charge is -2.25. The van der Waals surface area contributed by atoms with Gasteiger partial charge in [-0.1, -0.05) is 0 Å². The van der Waals surface area contributed by atoms with Gasteiger partial charge in [-0.15, -0.1) is 0 Å². The van der Waals surface area contributed by atoms with E-state index in [1.165, 1.54) is 0 Å². The Hall–Kier alpha value is -1.23. The number of alkyl halides is 1. The van der Waals surface area contributed by atoms with Crippen LogP contribution in [0.2, 0.25) is 0 Å². The highest BCUT2D eigenvalue weighted by molar-refractivity contribution is 5.36. The number of rotatable bonds is 2. The van der Waals surface area contributed by atoms with E-state index in [2.05, 4.69) is 9.97 Å². The number of hydrogen-bond donors (Lipinski definition) is 0. The first-order chi connectivity index (χ1) is 6.79. The van der Waals surface area contributed by atoms with Crippen LogP contribution in [0.5, 0.6) is 0 Å². The molecule has 2 heterocycles. The lowest BCUT2D eigenvalue weighted by molar-refractivity contribution is 0.173. The minimum absolute atomic E-state index is 0.176. The normalized spacial score (nSPS) is 26.4. The molecule has 0 radical (unpaired) electrons. The van der Waals surface area contributed by atoms with Gasteiger partial charge in [0.25, 0.3) is 0 Å². The van der Waals surface area contributed by atoms with Crippen LogP contribution in [0.4, 0.5) is 10.2 Å². The maximum Gasteiger partial charge on any atom is 0.147 e. The molecule has 1 aliphatic rings. The SMILES string of the molecule is CN(c1cnccn1)[C@@H]1COC[C@H]1F. The lowest BCUT2D eigenvalue weighted by atomic mass is 10.2. The molecule has 14 heavy (non-hydrogen) atoms. The van der Waals surface area contributed by atoms with Gasteiger partial charge < -0.3 is 9.64 Å². The van der Waals surface area contributed by atoms with E-state index in [0.717, 1.165) is 0 Å². The first-order valence-electron chi connectivity index (χ1n) is 4.49. The molecule has 4 nitrogen and oxygen atoms in total. The molecule has 1 aromatic rings. The van der Waals surface area contributed by atoms with Crippen LogP contribution in [0.15, 0.2) is 18.6 Å². The first-order valence-corrected chi connectivity index (χ1v) is 4.49. The van der Waals surface area contributed by atoms with E-state index in [4.69, 9.17) is 4.74 Å². The fourth-order valence-corrected chi connectivity index (χ4v) is 1.51. The highest BCUT2D eigenvalue weighted by Crippen LogP contribution is 2.19. The molecule has 1 fully saturated rings. The van der Waals surface area contributed by atoms with Crippen LogP contribution in [0.25, 0.3) is 0 Å². The first kappa shape index (κ1) is 9.33. The van der Waals surface area contributed by atoms with Gasteiger partial charge >= 0.3 is 0 Å². The monoisotopic (exact) mass is 197 g/mol. The van der Waals surface area contributed by atoms with Crippen molar-refractivity contribution in [3.63, 3.8) is 0 Å². The molecule has 0 aromatic carbocycles. The topological polar surface area (TPSA) is 38.2 Å². The van der Waals surface area contributed by atoms with Crippen molar-refractivity contribution in [2.24, 2.45) is 0 Å². The summed E-state index contributed by atoms with van der Waals surface area (Å²) in [7, 11) is 1.80. The summed E-state index contributed by atoms with van der Waals surface area (Å²) in [6.07, 6.45) is 3.86. The molecule has 2 rings (SSSR count). The van der Waals surface area contributed by atoms with Crippen molar-refractivity contribution in [1.29, 1.82) is 0 Å². The summed E-state index contributed by atoms with van der Waals surface area (Å²) in [4.78, 5) is 9.80. The fourth-order valence-electron chi connectivity index (χ4n) is 1.51. The largest absolute Gasteiger partial charge is 0.376 e. The van der Waals surface area contributed by atoms with Crippen LogP contribution in [0.3, 0.4) is 0 Å². The van der Waals surface area contributed by atoms with Crippen molar-refractivity contribution in [2.75, 3.05) is 25.2 Å². The zero-order chi connectivity index (χ0) is 9.97. The smallest absolute Gasteiger partial charge is 0.147 e. The molecule has 0 bridgehead atoms. The van der Waals surface area contributed by atoms with E-state index in [1.807, 2.05) is 0 Å². The maximum absolute atomic E-state index is 13.3. The number of ether oxygens (including phenoxy) is 1. The average molecular weight is 197 g/mol. The van der Waals surface area contributed by atoms with Crippen LogP contribution < -0.4 is 4.90 Å². The summed E-state index contributed by atoms with van der Waals surface area (Å²) in [6.45, 7) is 0.587. The van der Waals surface area contributed by atoms with E-state index in [1.54, 1.807) is 30.5 Å². The average Bonchev–Trinajstić information content (AvgIpc) is 2.65. The zero-order valence-electron chi connectivity index (χ0n) is 7.93. The van der Waals surface area contributed by atoms with Gasteiger partial charge in [0, 0.05) is 19.4 Å². The van der Waals surface area contributed by atoms with E-state index in [-0.39, 0.29) is 12.6 Å². The zero-order valence-corrected chi connectivity index (χ0v) is 7.93. The van der Waals surface area contributed by atoms with Crippen molar-refractivity contribution in [3.05, 3.63) is 18.6 Å². The molecule has 0 spiro atoms. The number of likely N-dealkylation sites (N-methyl/N-ethyl adjacent to an activating group) is 1. The Kier molecular flexibility index (Phi) is 2.58. The Morgan fingerprint density at radius 2 is 2.36 bits per heavy atom. The van der Waals surface area contributed by atoms with Gasteiger partial charge in [-0.05, 0) is 0 Å². The maximum atomic E-state index is 13.3. The molecule has 5 heteroatoms. The molecule has 1 saturated heterocycles. The van der Waals surface area contributed by atoms with Gasteiger partial charge in [0.05, 0.1) is 25.5 Å². The Bertz CT molecular complexity index is 295. The molecule has 0 aliphatic carbocycles. The highest BCUT2D eigenvalue weighted by Gasteiger charge is 2.31. The van der Waals surface area contributed by atoms with Crippen molar-refractivity contribution in [2.45, 2.75) is 12.2 Å². The van der Waals surface area contributed by atoms with Gasteiger partial charge in [0.1, 0.15) is 12.0 Å². The lowest BCUT2D eigenvalue weighted by Crippen LogP contribution is -2.39. The van der Waals surface area contributed by atoms with Crippen LogP contribution in [-0.2, 0) is 4.74 Å². The van der Waals surface area contributed by atoms with Crippen LogP contribution >= 0.6 is 0 Å². The Labute approximate surface area is 81.7 Å². The second-order valence-corrected chi connectivity index (χ2v) is 3.30. The van der Waals surface area contributed by atoms with Crippen LogP contribution in [-0.4, -0.2) is 42.4 Å². The van der Waals surface area contributed by atoms with Gasteiger partial charge in [-0.25, -0.2) is 9.37 Å². The van der Waals surface area contributed by atoms with Gasteiger partial charge in [0.2, 0.25) is 0 Å². The molecule has 1 aromatic heterocycles. The predicted molar refractivity (Wildman–Crippen MR) is 49.9 cm³/mol. The van der Waals surface area contributed by atoms with E-state index < -0.39 is 6.17 Å². The van der Waals surface area contributed by atoms with Crippen molar-refractivity contribution < 1.29 is 9.13 Å². The van der Waals surface area contributed by atoms with Gasteiger partial charge in [-0.3, -0.25) is 4.98 Å². The molecule has 0 saturated carbocycles. The second-order valence-electron chi connectivity index (χ2n) is 3.30. The third kappa shape index (κ3) is 1.68. The summed E-state index contributed by atoms with van der Waals surface area (Å²) in [6, 6.07) is -0.244. The summed E-state index contributed by atoms with van der Waals surface area (Å²) in [5.41, 5.74) is 0. The number of aromatic nitrogens is 2. The minimum atomic E-state index is -0.943. The molecule has 2 atom stereocenters. The van der Waals surface area contributed by atoms with E-state index in [9.17, 15) is 4.39 Å². The summed E-state index contributed by atoms with van der Waals surface area (Å²) < 4.78 is 18.4. The third-order valence-electron chi connectivity index (χ3n) is 2.39. The van der Waals surface area contributed by atoms with Crippen LogP contribution in [0, 0.1) is 0 Å². The molecule has 0 unspecified atom stereocenters. The van der Waals surface area contributed by atoms with Crippen LogP contribution in [0.1, 0.15) is 0 Å². The molecule has 0 amide bonds. The second kappa shape index (κ2) is 3.88. The Balaban J connectivity index is 2.12. The summed E-state index contributed by atoms with van der Waals surface area (Å²) >= 11 is 0. The molecule has 76 valence electrons. The highest BCUT2D eigenvalue weighted by atomic mass is 19.1. The molecular formula is C9H12FN3O. The molecular weight excluding hydrogens is 185 g/mol. The van der Waals surface area contributed by atoms with E-state index in [0.29, 0.717) is 12.4 Å². The number of nitrogens with zero attached hydrogens (tertiary/aromatic N) is 3. The van der Waals surface area contributed by atoms with E-state index >= 15 is 0 Å². The van der Waals surface area contributed by atoms with Crippen molar-refractivity contribution in [1.82, 2.24) is 9.97 Å². The fraction of sp³-hybridized carbons (Fsp3) is 0.556. The molecule has 1 aliphatic heterocycles. The Morgan fingerprint density at radius 1 is 1.50 bits per heavy atom. The van der Waals surface area contributed by atoms with Crippen molar-refractivity contribution >= 4 is 5.82 Å². The van der Waals surface area contributed by atoms with Crippen molar-refractivity contribution in [3.8, 4) is 0 Å². The van der Waals surface area contributed by atoms with Gasteiger partial charge in [0.15, 0.2) is 0 Å². The molecule has 0 N–H and O–H groups in total. The quantitative estimate of drug-likeness (QED) is 0.697. The number of halogens is 1. The minimum Gasteiger partial charge on any atom is -0.376 e. The standard InChI is InChI=1S/C9H12FN3O/c1-13(8-6-14-5-7(8)10)9-4-11-2-3-12-9/h2-4,7-8H,5-6H2,1H3/t7-,8-/m1/s1. The van der Waals surface area contributed by atoms with Gasteiger partial charge in [-0.2, -0.15) is 0 Å². The summed E-state index contributed by atoms with van der Waals surface area (Å²) in [5.74, 6) is 0.672. The third-order valence-corrected chi connectivity index (χ3v) is 2.39. The number of anilines is 1. The summed E-state index contributed by atoms with van der Waals surface area (Å²) in [5, 5.41) is 0. The Morgan fingerprint density at radius 3 is 2.93 bits per heavy atom. The number of hydrogen-bond acceptors (Lipinski definition) is 4.